The van der Waals surface area contributed by atoms with Crippen molar-refractivity contribution in [3.05, 3.63) is 181 Å². The Morgan fingerprint density at radius 3 is 1.36 bits per heavy atom. The maximum atomic E-state index is 6.63. The van der Waals surface area contributed by atoms with E-state index in [1.807, 2.05) is 12.1 Å². The van der Waals surface area contributed by atoms with Gasteiger partial charge in [-0.1, -0.05) is 135 Å². The highest BCUT2D eigenvalue weighted by Crippen LogP contribution is 2.50. The van der Waals surface area contributed by atoms with Crippen molar-refractivity contribution in [3.63, 3.8) is 0 Å². The van der Waals surface area contributed by atoms with Gasteiger partial charge in [0.2, 0.25) is 0 Å². The normalized spacial score (nSPS) is 13.1. The number of para-hydroxylation sites is 4. The highest BCUT2D eigenvalue weighted by atomic mass is 16.5. The topological polar surface area (TPSA) is 44.9 Å². The van der Waals surface area contributed by atoms with Crippen LogP contribution in [0.1, 0.15) is 25.0 Å². The van der Waals surface area contributed by atoms with Crippen molar-refractivity contribution in [2.45, 2.75) is 19.3 Å². The fourth-order valence-corrected chi connectivity index (χ4v) is 9.05. The molecular formula is C53H40N4O. The van der Waals surface area contributed by atoms with Gasteiger partial charge in [0.25, 0.3) is 0 Å². The molecule has 0 saturated carbocycles. The molecule has 0 amide bonds. The molecule has 0 bridgehead atoms. The lowest BCUT2D eigenvalue weighted by Crippen LogP contribution is -2.24. The zero-order valence-electron chi connectivity index (χ0n) is 32.9. The predicted octanol–water partition coefficient (Wildman–Crippen LogP) is 13.4. The smallest absolute Gasteiger partial charge is 0.140 e. The number of hydrogen-bond donors (Lipinski definition) is 0. The van der Waals surface area contributed by atoms with Gasteiger partial charge in [-0.15, -0.1) is 0 Å². The van der Waals surface area contributed by atoms with E-state index in [-0.39, 0.29) is 5.41 Å². The number of aryl methyl sites for hydroxylation is 2. The molecule has 11 rings (SSSR count). The van der Waals surface area contributed by atoms with Gasteiger partial charge in [0, 0.05) is 41.8 Å². The minimum atomic E-state index is -0.293. The van der Waals surface area contributed by atoms with Crippen molar-refractivity contribution in [3.8, 4) is 67.7 Å². The molecule has 0 saturated heterocycles. The molecule has 2 aromatic heterocycles. The lowest BCUT2D eigenvalue weighted by Gasteiger charge is -2.35. The molecule has 1 aliphatic heterocycles. The molecule has 0 N–H and O–H groups in total. The van der Waals surface area contributed by atoms with Crippen LogP contribution in [-0.4, -0.2) is 19.1 Å². The van der Waals surface area contributed by atoms with Crippen LogP contribution < -0.4 is 4.74 Å². The number of rotatable bonds is 5. The average molecular weight is 749 g/mol. The molecule has 8 aromatic carbocycles. The van der Waals surface area contributed by atoms with E-state index in [2.05, 4.69) is 195 Å². The largest absolute Gasteiger partial charge is 0.457 e. The first kappa shape index (κ1) is 34.0. The zero-order chi connectivity index (χ0) is 39.1. The fourth-order valence-electron chi connectivity index (χ4n) is 9.05. The van der Waals surface area contributed by atoms with Crippen LogP contribution >= 0.6 is 0 Å². The van der Waals surface area contributed by atoms with Crippen molar-refractivity contribution >= 4 is 32.8 Å². The zero-order valence-corrected chi connectivity index (χ0v) is 32.9. The third-order valence-corrected chi connectivity index (χ3v) is 12.3. The molecule has 5 nitrogen and oxygen atoms in total. The Labute approximate surface area is 337 Å². The Morgan fingerprint density at radius 2 is 0.828 bits per heavy atom. The maximum Gasteiger partial charge on any atom is 0.140 e. The van der Waals surface area contributed by atoms with Gasteiger partial charge in [-0.05, 0) is 92.7 Å². The van der Waals surface area contributed by atoms with Crippen molar-refractivity contribution in [2.24, 2.45) is 14.1 Å². The number of fused-ring (bicyclic) bond motifs is 5. The van der Waals surface area contributed by atoms with E-state index in [1.54, 1.807) is 0 Å². The quantitative estimate of drug-likeness (QED) is 0.176. The van der Waals surface area contributed by atoms with Crippen LogP contribution in [0, 0.1) is 0 Å². The van der Waals surface area contributed by atoms with Crippen LogP contribution in [0.2, 0.25) is 0 Å². The minimum Gasteiger partial charge on any atom is -0.457 e. The Balaban J connectivity index is 0.914. The summed E-state index contributed by atoms with van der Waals surface area (Å²) in [6, 6.07) is 60.7. The second-order valence-corrected chi connectivity index (χ2v) is 16.0. The highest BCUT2D eigenvalue weighted by molar-refractivity contribution is 6.05. The standard InChI is InChI=1S/C53H40N4O/c1-53(2)43-31-37(33-17-21-35(22-18-33)51-54-45-13-7-9-15-47(45)56(51)3)25-29-49(43)58-50-30-26-38(32-44(50)53)40-28-27-39(41-11-5-6-12-42(40)41)34-19-23-36(24-20-34)52-55-46-14-8-10-16-48(46)57(52)4/h5-32H,1-4H3. The summed E-state index contributed by atoms with van der Waals surface area (Å²) in [5.74, 6) is 3.74. The molecule has 278 valence electrons. The Kier molecular flexibility index (Phi) is 7.57. The number of ether oxygens (including phenoxy) is 1. The first-order valence-electron chi connectivity index (χ1n) is 19.9. The Bertz CT molecular complexity index is 3240. The van der Waals surface area contributed by atoms with Gasteiger partial charge in [-0.3, -0.25) is 0 Å². The van der Waals surface area contributed by atoms with Crippen LogP contribution in [0.15, 0.2) is 170 Å². The number of imidazole rings is 2. The van der Waals surface area contributed by atoms with E-state index in [0.717, 1.165) is 67.5 Å². The highest BCUT2D eigenvalue weighted by Gasteiger charge is 2.35. The lowest BCUT2D eigenvalue weighted by molar-refractivity contribution is 0.418. The summed E-state index contributed by atoms with van der Waals surface area (Å²) < 4.78 is 11.0. The van der Waals surface area contributed by atoms with E-state index < -0.39 is 0 Å². The predicted molar refractivity (Wildman–Crippen MR) is 238 cm³/mol. The third kappa shape index (κ3) is 5.31. The third-order valence-electron chi connectivity index (χ3n) is 12.3. The van der Waals surface area contributed by atoms with Gasteiger partial charge in [0.15, 0.2) is 0 Å². The first-order valence-corrected chi connectivity index (χ1v) is 19.9. The number of benzene rings is 8. The summed E-state index contributed by atoms with van der Waals surface area (Å²) >= 11 is 0. The molecule has 58 heavy (non-hydrogen) atoms. The van der Waals surface area contributed by atoms with E-state index in [4.69, 9.17) is 14.7 Å². The van der Waals surface area contributed by atoms with Crippen LogP contribution in [-0.2, 0) is 19.5 Å². The van der Waals surface area contributed by atoms with Crippen molar-refractivity contribution in [2.75, 3.05) is 0 Å². The van der Waals surface area contributed by atoms with Gasteiger partial charge in [-0.25, -0.2) is 9.97 Å². The summed E-state index contributed by atoms with van der Waals surface area (Å²) in [5.41, 5.74) is 15.6. The van der Waals surface area contributed by atoms with Crippen LogP contribution in [0.25, 0.3) is 89.0 Å². The summed E-state index contributed by atoms with van der Waals surface area (Å²) in [7, 11) is 4.16. The van der Waals surface area contributed by atoms with Crippen LogP contribution in [0.3, 0.4) is 0 Å². The van der Waals surface area contributed by atoms with Gasteiger partial charge in [0.1, 0.15) is 23.1 Å². The maximum absolute atomic E-state index is 6.63. The number of aromatic nitrogens is 4. The average Bonchev–Trinajstić information content (AvgIpc) is 3.79. The summed E-state index contributed by atoms with van der Waals surface area (Å²) in [5, 5.41) is 2.44. The second-order valence-electron chi connectivity index (χ2n) is 16.0. The number of nitrogens with zero attached hydrogens (tertiary/aromatic N) is 4. The molecule has 0 unspecified atom stereocenters. The molecule has 3 heterocycles. The number of hydrogen-bond acceptors (Lipinski definition) is 3. The van der Waals surface area contributed by atoms with Crippen molar-refractivity contribution < 1.29 is 4.74 Å². The first-order chi connectivity index (χ1) is 28.3. The molecule has 5 heteroatoms. The summed E-state index contributed by atoms with van der Waals surface area (Å²) in [6.45, 7) is 4.63. The van der Waals surface area contributed by atoms with Gasteiger partial charge in [0.05, 0.1) is 22.1 Å². The fraction of sp³-hybridized carbons (Fsp3) is 0.0943. The summed E-state index contributed by atoms with van der Waals surface area (Å²) in [4.78, 5) is 9.83. The Morgan fingerprint density at radius 1 is 0.414 bits per heavy atom. The van der Waals surface area contributed by atoms with E-state index in [0.29, 0.717) is 0 Å². The van der Waals surface area contributed by atoms with E-state index in [1.165, 1.54) is 44.2 Å². The van der Waals surface area contributed by atoms with E-state index >= 15 is 0 Å². The molecule has 0 spiro atoms. The van der Waals surface area contributed by atoms with E-state index in [9.17, 15) is 0 Å². The van der Waals surface area contributed by atoms with Crippen LogP contribution in [0.5, 0.6) is 11.5 Å². The summed E-state index contributed by atoms with van der Waals surface area (Å²) in [6.07, 6.45) is 0. The molecule has 0 fully saturated rings. The van der Waals surface area contributed by atoms with Crippen LogP contribution in [0.4, 0.5) is 0 Å². The molecule has 1 aliphatic rings. The molecule has 0 radical (unpaired) electrons. The molecule has 10 aromatic rings. The van der Waals surface area contributed by atoms with Gasteiger partial charge in [-0.2, -0.15) is 0 Å². The van der Waals surface area contributed by atoms with Gasteiger partial charge >= 0.3 is 0 Å². The minimum absolute atomic E-state index is 0.293. The SMILES string of the molecule is Cn1c(-c2ccc(-c3ccc4c(c3)C(C)(C)c3cc(-c5ccc(-c6ccc(-c7nc8ccccc8n7C)cc6)c6ccccc56)ccc3O4)cc2)nc2ccccc21. The van der Waals surface area contributed by atoms with Gasteiger partial charge < -0.3 is 13.9 Å². The second kappa shape index (κ2) is 12.9. The van der Waals surface area contributed by atoms with Crippen molar-refractivity contribution in [1.29, 1.82) is 0 Å². The monoisotopic (exact) mass is 748 g/mol. The lowest BCUT2D eigenvalue weighted by atomic mass is 9.74. The molecule has 0 atom stereocenters. The Hall–Kier alpha value is -7.24. The molecule has 0 aliphatic carbocycles. The van der Waals surface area contributed by atoms with Crippen molar-refractivity contribution in [1.82, 2.24) is 19.1 Å². The molecular weight excluding hydrogens is 709 g/mol.